The first-order valence-electron chi connectivity index (χ1n) is 8.46. The predicted molar refractivity (Wildman–Crippen MR) is 107 cm³/mol. The molecule has 2 heterocycles. The van der Waals surface area contributed by atoms with Crippen LogP contribution in [0.4, 0.5) is 0 Å². The first-order valence-corrected chi connectivity index (χ1v) is 10.7. The number of benzene rings is 2. The maximum absolute atomic E-state index is 11.8. The number of carboxylic acids is 1. The number of carbonyl (C=O) groups is 1. The Labute approximate surface area is 175 Å². The Hall–Kier alpha value is -3.50. The summed E-state index contributed by atoms with van der Waals surface area (Å²) < 4.78 is 30.6. The van der Waals surface area contributed by atoms with E-state index in [2.05, 4.69) is 15.3 Å². The van der Waals surface area contributed by atoms with Crippen molar-refractivity contribution in [2.24, 2.45) is 0 Å². The van der Waals surface area contributed by atoms with E-state index in [-0.39, 0.29) is 28.1 Å². The lowest BCUT2D eigenvalue weighted by Crippen LogP contribution is -2.03. The van der Waals surface area contributed by atoms with Crippen LogP contribution in [0.2, 0.25) is 5.02 Å². The first kappa shape index (κ1) is 19.8. The molecule has 4 rings (SSSR count). The Kier molecular flexibility index (Phi) is 4.88. The molecule has 0 atom stereocenters. The second kappa shape index (κ2) is 7.39. The Morgan fingerprint density at radius 1 is 1.07 bits per heavy atom. The smallest absolute Gasteiger partial charge is 0.356 e. The maximum atomic E-state index is 11.8. The van der Waals surface area contributed by atoms with Crippen LogP contribution >= 0.6 is 11.6 Å². The van der Waals surface area contributed by atoms with Gasteiger partial charge in [-0.15, -0.1) is 10.2 Å². The van der Waals surface area contributed by atoms with Gasteiger partial charge in [-0.2, -0.15) is 5.10 Å². The summed E-state index contributed by atoms with van der Waals surface area (Å²) in [5.41, 5.74) is 0.821. The monoisotopic (exact) mass is 444 g/mol. The fourth-order valence-electron chi connectivity index (χ4n) is 2.75. The molecule has 0 amide bonds. The van der Waals surface area contributed by atoms with Crippen molar-refractivity contribution in [1.29, 1.82) is 0 Å². The highest BCUT2D eigenvalue weighted by Gasteiger charge is 2.22. The molecule has 1 N–H and O–H groups in total. The summed E-state index contributed by atoms with van der Waals surface area (Å²) in [6.45, 7) is 0. The van der Waals surface area contributed by atoms with Crippen molar-refractivity contribution in [2.45, 2.75) is 4.90 Å². The minimum Gasteiger partial charge on any atom is -0.476 e. The molecular weight excluding hydrogens is 432 g/mol. The zero-order valence-electron chi connectivity index (χ0n) is 15.4. The molecule has 0 aliphatic rings. The minimum atomic E-state index is -3.42. The molecule has 0 bridgehead atoms. The van der Waals surface area contributed by atoms with Crippen molar-refractivity contribution in [3.05, 3.63) is 65.3 Å². The average Bonchev–Trinajstić information content (AvgIpc) is 3.35. The van der Waals surface area contributed by atoms with Gasteiger partial charge >= 0.3 is 5.97 Å². The molecule has 152 valence electrons. The SMILES string of the molecule is CS(=O)(=O)c1cccc(-c2nnc(-c3cc(C(=O)O)nn3-c3ccccc3Cl)o2)c1. The standard InChI is InChI=1S/C19H13ClN4O5S/c1-30(27,28)12-6-4-5-11(9-12)17-21-22-18(29-17)16-10-14(19(25)26)23-24(16)15-8-3-2-7-13(15)20/h2-10H,1H3,(H,25,26). The minimum absolute atomic E-state index is 0.00493. The van der Waals surface area contributed by atoms with Crippen LogP contribution in [0.25, 0.3) is 28.7 Å². The van der Waals surface area contributed by atoms with Gasteiger partial charge in [0.1, 0.15) is 5.69 Å². The number of aromatic nitrogens is 4. The lowest BCUT2D eigenvalue weighted by Gasteiger charge is -2.06. The molecule has 0 saturated carbocycles. The Bertz CT molecular complexity index is 1380. The summed E-state index contributed by atoms with van der Waals surface area (Å²) >= 11 is 6.24. The van der Waals surface area contributed by atoms with E-state index in [0.29, 0.717) is 16.3 Å². The number of hydrogen-bond donors (Lipinski definition) is 1. The van der Waals surface area contributed by atoms with Gasteiger partial charge in [0.2, 0.25) is 5.89 Å². The molecule has 4 aromatic rings. The second-order valence-corrected chi connectivity index (χ2v) is 8.72. The predicted octanol–water partition coefficient (Wildman–Crippen LogP) is 3.34. The van der Waals surface area contributed by atoms with Gasteiger partial charge in [0.15, 0.2) is 15.5 Å². The maximum Gasteiger partial charge on any atom is 0.356 e. The molecule has 0 radical (unpaired) electrons. The molecule has 2 aromatic carbocycles. The van der Waals surface area contributed by atoms with Crippen molar-refractivity contribution in [2.75, 3.05) is 6.26 Å². The quantitative estimate of drug-likeness (QED) is 0.496. The van der Waals surface area contributed by atoms with Crippen LogP contribution in [0.3, 0.4) is 0 Å². The summed E-state index contributed by atoms with van der Waals surface area (Å²) in [5.74, 6) is -1.17. The molecule has 0 unspecified atom stereocenters. The zero-order valence-corrected chi connectivity index (χ0v) is 16.9. The molecular formula is C19H13ClN4O5S. The van der Waals surface area contributed by atoms with Crippen molar-refractivity contribution >= 4 is 27.4 Å². The summed E-state index contributed by atoms with van der Waals surface area (Å²) in [7, 11) is -3.42. The Balaban J connectivity index is 1.83. The Morgan fingerprint density at radius 3 is 2.50 bits per heavy atom. The van der Waals surface area contributed by atoms with Crippen molar-refractivity contribution in [1.82, 2.24) is 20.0 Å². The molecule has 0 aliphatic heterocycles. The molecule has 30 heavy (non-hydrogen) atoms. The van der Waals surface area contributed by atoms with Gasteiger partial charge < -0.3 is 9.52 Å². The fourth-order valence-corrected chi connectivity index (χ4v) is 3.63. The second-order valence-electron chi connectivity index (χ2n) is 6.30. The topological polar surface area (TPSA) is 128 Å². The third-order valence-corrected chi connectivity index (χ3v) is 5.59. The summed E-state index contributed by atoms with van der Waals surface area (Å²) in [4.78, 5) is 11.5. The van der Waals surface area contributed by atoms with Crippen molar-refractivity contribution in [3.63, 3.8) is 0 Å². The van der Waals surface area contributed by atoms with E-state index in [0.717, 1.165) is 6.26 Å². The van der Waals surface area contributed by atoms with Crippen LogP contribution in [0.15, 0.2) is 63.9 Å². The number of aromatic carboxylic acids is 1. The molecule has 0 spiro atoms. The number of sulfone groups is 1. The van der Waals surface area contributed by atoms with E-state index in [1.807, 2.05) is 0 Å². The van der Waals surface area contributed by atoms with E-state index in [1.165, 1.54) is 22.9 Å². The van der Waals surface area contributed by atoms with Crippen LogP contribution in [-0.2, 0) is 9.84 Å². The van der Waals surface area contributed by atoms with Gasteiger partial charge in [-0.05, 0) is 30.3 Å². The van der Waals surface area contributed by atoms with Crippen molar-refractivity contribution in [3.8, 4) is 28.7 Å². The van der Waals surface area contributed by atoms with Crippen LogP contribution in [-0.4, -0.2) is 45.7 Å². The van der Waals surface area contributed by atoms with E-state index in [4.69, 9.17) is 16.0 Å². The average molecular weight is 445 g/mol. The van der Waals surface area contributed by atoms with E-state index in [9.17, 15) is 18.3 Å². The third kappa shape index (κ3) is 3.70. The van der Waals surface area contributed by atoms with Gasteiger partial charge in [0.05, 0.1) is 15.6 Å². The highest BCUT2D eigenvalue weighted by atomic mass is 35.5. The third-order valence-electron chi connectivity index (χ3n) is 4.16. The lowest BCUT2D eigenvalue weighted by atomic mass is 10.2. The first-order chi connectivity index (χ1) is 14.2. The zero-order chi connectivity index (χ0) is 21.5. The van der Waals surface area contributed by atoms with E-state index >= 15 is 0 Å². The molecule has 0 aliphatic carbocycles. The van der Waals surface area contributed by atoms with Crippen LogP contribution in [0.5, 0.6) is 0 Å². The lowest BCUT2D eigenvalue weighted by molar-refractivity contribution is 0.0690. The number of para-hydroxylation sites is 1. The number of carboxylic acid groups (broad SMARTS) is 1. The summed E-state index contributed by atoms with van der Waals surface area (Å²) in [5, 5.41) is 21.7. The van der Waals surface area contributed by atoms with Gasteiger partial charge in [0.25, 0.3) is 5.89 Å². The van der Waals surface area contributed by atoms with Crippen LogP contribution < -0.4 is 0 Å². The molecule has 0 fully saturated rings. The number of nitrogens with zero attached hydrogens (tertiary/aromatic N) is 4. The number of rotatable bonds is 5. The van der Waals surface area contributed by atoms with E-state index in [1.54, 1.807) is 36.4 Å². The fraction of sp³-hybridized carbons (Fsp3) is 0.0526. The van der Waals surface area contributed by atoms with Crippen molar-refractivity contribution < 1.29 is 22.7 Å². The van der Waals surface area contributed by atoms with Gasteiger partial charge in [-0.3, -0.25) is 0 Å². The van der Waals surface area contributed by atoms with Crippen LogP contribution in [0, 0.1) is 0 Å². The molecule has 9 nitrogen and oxygen atoms in total. The number of hydrogen-bond acceptors (Lipinski definition) is 7. The number of halogens is 1. The van der Waals surface area contributed by atoms with E-state index < -0.39 is 15.8 Å². The largest absolute Gasteiger partial charge is 0.476 e. The highest BCUT2D eigenvalue weighted by molar-refractivity contribution is 7.90. The summed E-state index contributed by atoms with van der Waals surface area (Å²) in [6, 6.07) is 14.1. The summed E-state index contributed by atoms with van der Waals surface area (Å²) in [6.07, 6.45) is 1.10. The highest BCUT2D eigenvalue weighted by Crippen LogP contribution is 2.29. The van der Waals surface area contributed by atoms with Gasteiger partial charge in [-0.25, -0.2) is 17.9 Å². The Morgan fingerprint density at radius 2 is 1.80 bits per heavy atom. The van der Waals surface area contributed by atoms with Gasteiger partial charge in [-0.1, -0.05) is 29.8 Å². The van der Waals surface area contributed by atoms with Gasteiger partial charge in [0, 0.05) is 17.9 Å². The molecule has 11 heteroatoms. The molecule has 0 saturated heterocycles. The molecule has 2 aromatic heterocycles. The van der Waals surface area contributed by atoms with Crippen LogP contribution in [0.1, 0.15) is 10.5 Å². The normalized spacial score (nSPS) is 11.5.